The normalized spacial score (nSPS) is 19.9. The first kappa shape index (κ1) is 13.3. The highest BCUT2D eigenvalue weighted by Gasteiger charge is 2.36. The molecule has 0 saturated carbocycles. The zero-order valence-electron chi connectivity index (χ0n) is 11.8. The Morgan fingerprint density at radius 3 is 2.55 bits per heavy atom. The van der Waals surface area contributed by atoms with Crippen molar-refractivity contribution < 1.29 is 9.53 Å². The molecule has 0 spiro atoms. The van der Waals surface area contributed by atoms with Crippen molar-refractivity contribution in [3.63, 3.8) is 0 Å². The number of rotatable bonds is 3. The van der Waals surface area contributed by atoms with Crippen LogP contribution < -0.4 is 4.90 Å². The molecule has 20 heavy (non-hydrogen) atoms. The Hall–Kier alpha value is -1.69. The summed E-state index contributed by atoms with van der Waals surface area (Å²) >= 11 is 0. The Bertz CT molecular complexity index is 465. The number of carbonyl (C=O) groups excluding carboxylic acids is 1. The molecule has 2 aliphatic rings. The van der Waals surface area contributed by atoms with E-state index < -0.39 is 0 Å². The number of ether oxygens (including phenoxy) is 1. The predicted molar refractivity (Wildman–Crippen MR) is 74.5 cm³/mol. The molecule has 0 aromatic carbocycles. The van der Waals surface area contributed by atoms with Crippen LogP contribution in [0.3, 0.4) is 0 Å². The fourth-order valence-corrected chi connectivity index (χ4v) is 2.53. The summed E-state index contributed by atoms with van der Waals surface area (Å²) in [4.78, 5) is 24.9. The van der Waals surface area contributed by atoms with Gasteiger partial charge in [-0.3, -0.25) is 4.79 Å². The molecule has 0 bridgehead atoms. The quantitative estimate of drug-likeness (QED) is 0.796. The molecule has 108 valence electrons. The third kappa shape index (κ3) is 2.60. The van der Waals surface area contributed by atoms with E-state index in [2.05, 4.69) is 21.8 Å². The van der Waals surface area contributed by atoms with Gasteiger partial charge in [0.05, 0.1) is 19.1 Å². The maximum Gasteiger partial charge on any atom is 0.229 e. The first-order valence-electron chi connectivity index (χ1n) is 7.20. The largest absolute Gasteiger partial charge is 0.378 e. The van der Waals surface area contributed by atoms with E-state index in [1.54, 1.807) is 0 Å². The van der Waals surface area contributed by atoms with Crippen molar-refractivity contribution in [1.82, 2.24) is 14.9 Å². The van der Waals surface area contributed by atoms with Crippen molar-refractivity contribution in [2.24, 2.45) is 5.92 Å². The molecule has 3 heterocycles. The summed E-state index contributed by atoms with van der Waals surface area (Å²) in [6.07, 6.45) is 4.66. The Morgan fingerprint density at radius 2 is 1.95 bits per heavy atom. The van der Waals surface area contributed by atoms with E-state index in [9.17, 15) is 4.79 Å². The van der Waals surface area contributed by atoms with Crippen LogP contribution in [0, 0.1) is 5.92 Å². The number of hydrogen-bond acceptors (Lipinski definition) is 5. The van der Waals surface area contributed by atoms with Crippen LogP contribution in [0.5, 0.6) is 0 Å². The maximum absolute atomic E-state index is 12.3. The highest BCUT2D eigenvalue weighted by atomic mass is 16.5. The van der Waals surface area contributed by atoms with E-state index in [0.717, 1.165) is 44.1 Å². The number of nitrogens with zero attached hydrogens (tertiary/aromatic N) is 4. The zero-order chi connectivity index (χ0) is 13.9. The number of aromatic nitrogens is 2. The summed E-state index contributed by atoms with van der Waals surface area (Å²) < 4.78 is 5.27. The second-order valence-electron chi connectivity index (χ2n) is 5.28. The molecule has 0 radical (unpaired) electrons. The van der Waals surface area contributed by atoms with Gasteiger partial charge in [-0.15, -0.1) is 0 Å². The van der Waals surface area contributed by atoms with Gasteiger partial charge in [-0.05, 0) is 12.0 Å². The summed E-state index contributed by atoms with van der Waals surface area (Å²) in [5.41, 5.74) is 1.13. The Morgan fingerprint density at radius 1 is 1.30 bits per heavy atom. The molecule has 1 aromatic heterocycles. The Balaban J connectivity index is 1.53. The molecule has 6 heteroatoms. The zero-order valence-corrected chi connectivity index (χ0v) is 11.8. The van der Waals surface area contributed by atoms with E-state index >= 15 is 0 Å². The molecule has 3 rings (SSSR count). The van der Waals surface area contributed by atoms with E-state index in [0.29, 0.717) is 13.2 Å². The molecule has 1 amide bonds. The molecule has 0 aliphatic carbocycles. The number of aryl methyl sites for hydroxylation is 1. The van der Waals surface area contributed by atoms with Crippen LogP contribution in [-0.2, 0) is 16.0 Å². The number of anilines is 1. The number of morpholine rings is 1. The highest BCUT2D eigenvalue weighted by molar-refractivity contribution is 5.81. The minimum atomic E-state index is 0.0857. The monoisotopic (exact) mass is 276 g/mol. The fraction of sp³-hybridized carbons (Fsp3) is 0.643. The third-order valence-corrected chi connectivity index (χ3v) is 3.94. The molecule has 0 unspecified atom stereocenters. The van der Waals surface area contributed by atoms with Crippen LogP contribution in [0.25, 0.3) is 0 Å². The lowest BCUT2D eigenvalue weighted by molar-refractivity contribution is -0.140. The molecule has 2 fully saturated rings. The van der Waals surface area contributed by atoms with Crippen LogP contribution in [0.2, 0.25) is 0 Å². The third-order valence-electron chi connectivity index (χ3n) is 3.94. The SMILES string of the molecule is CCc1cnc(N2CC(C(=O)N3CCOCC3)C2)nc1. The lowest BCUT2D eigenvalue weighted by Gasteiger charge is -2.41. The summed E-state index contributed by atoms with van der Waals surface area (Å²) in [5, 5.41) is 0. The van der Waals surface area contributed by atoms with Crippen LogP contribution >= 0.6 is 0 Å². The second-order valence-corrected chi connectivity index (χ2v) is 5.28. The van der Waals surface area contributed by atoms with Gasteiger partial charge in [0.25, 0.3) is 0 Å². The van der Waals surface area contributed by atoms with Crippen LogP contribution in [-0.4, -0.2) is 60.2 Å². The maximum atomic E-state index is 12.3. The predicted octanol–water partition coefficient (Wildman–Crippen LogP) is 0.334. The van der Waals surface area contributed by atoms with Crippen molar-refractivity contribution in [2.75, 3.05) is 44.3 Å². The van der Waals surface area contributed by atoms with Crippen molar-refractivity contribution in [3.8, 4) is 0 Å². The summed E-state index contributed by atoms with van der Waals surface area (Å²) in [5.74, 6) is 1.06. The smallest absolute Gasteiger partial charge is 0.229 e. The fourth-order valence-electron chi connectivity index (χ4n) is 2.53. The average molecular weight is 276 g/mol. The van der Waals surface area contributed by atoms with Crippen LogP contribution in [0.4, 0.5) is 5.95 Å². The van der Waals surface area contributed by atoms with Gasteiger partial charge in [-0.2, -0.15) is 0 Å². The van der Waals surface area contributed by atoms with Gasteiger partial charge >= 0.3 is 0 Å². The number of carbonyl (C=O) groups is 1. The molecular weight excluding hydrogens is 256 g/mol. The first-order valence-corrected chi connectivity index (χ1v) is 7.20. The Labute approximate surface area is 118 Å². The summed E-state index contributed by atoms with van der Waals surface area (Å²) in [7, 11) is 0. The first-order chi connectivity index (χ1) is 9.78. The van der Waals surface area contributed by atoms with E-state index in [4.69, 9.17) is 4.74 Å². The topological polar surface area (TPSA) is 58.6 Å². The van der Waals surface area contributed by atoms with Crippen molar-refractivity contribution in [1.29, 1.82) is 0 Å². The van der Waals surface area contributed by atoms with E-state index in [1.165, 1.54) is 0 Å². The molecule has 2 saturated heterocycles. The Kier molecular flexibility index (Phi) is 3.82. The second kappa shape index (κ2) is 5.75. The number of hydrogen-bond donors (Lipinski definition) is 0. The minimum Gasteiger partial charge on any atom is -0.378 e. The molecule has 1 aromatic rings. The van der Waals surface area contributed by atoms with Gasteiger partial charge in [-0.1, -0.05) is 6.92 Å². The van der Waals surface area contributed by atoms with Crippen LogP contribution in [0.1, 0.15) is 12.5 Å². The molecular formula is C14H20N4O2. The van der Waals surface area contributed by atoms with Gasteiger partial charge in [0.2, 0.25) is 11.9 Å². The van der Waals surface area contributed by atoms with Gasteiger partial charge in [0.15, 0.2) is 0 Å². The average Bonchev–Trinajstić information content (AvgIpc) is 2.47. The number of amides is 1. The standard InChI is InChI=1S/C14H20N4O2/c1-2-11-7-15-14(16-8-11)18-9-12(10-18)13(19)17-3-5-20-6-4-17/h7-8,12H,2-6,9-10H2,1H3. The molecule has 0 N–H and O–H groups in total. The van der Waals surface area contributed by atoms with Crippen molar-refractivity contribution in [3.05, 3.63) is 18.0 Å². The summed E-state index contributed by atoms with van der Waals surface area (Å²) in [6, 6.07) is 0. The van der Waals surface area contributed by atoms with Gasteiger partial charge in [0, 0.05) is 38.6 Å². The van der Waals surface area contributed by atoms with Crippen molar-refractivity contribution >= 4 is 11.9 Å². The minimum absolute atomic E-state index is 0.0857. The van der Waals surface area contributed by atoms with E-state index in [-0.39, 0.29) is 11.8 Å². The lowest BCUT2D eigenvalue weighted by Crippen LogP contribution is -2.56. The van der Waals surface area contributed by atoms with Crippen LogP contribution in [0.15, 0.2) is 12.4 Å². The highest BCUT2D eigenvalue weighted by Crippen LogP contribution is 2.23. The molecule has 6 nitrogen and oxygen atoms in total. The van der Waals surface area contributed by atoms with Gasteiger partial charge < -0.3 is 14.5 Å². The van der Waals surface area contributed by atoms with Gasteiger partial charge in [-0.25, -0.2) is 9.97 Å². The van der Waals surface area contributed by atoms with E-state index in [1.807, 2.05) is 17.3 Å². The lowest BCUT2D eigenvalue weighted by atomic mass is 9.99. The molecule has 2 aliphatic heterocycles. The van der Waals surface area contributed by atoms with Gasteiger partial charge in [0.1, 0.15) is 0 Å². The molecule has 0 atom stereocenters. The summed E-state index contributed by atoms with van der Waals surface area (Å²) in [6.45, 7) is 6.28. The van der Waals surface area contributed by atoms with Crippen molar-refractivity contribution in [2.45, 2.75) is 13.3 Å².